The third kappa shape index (κ3) is 2.81. The van der Waals surface area contributed by atoms with Crippen LogP contribution in [-0.4, -0.2) is 46.4 Å². The Morgan fingerprint density at radius 3 is 2.57 bits per heavy atom. The summed E-state index contributed by atoms with van der Waals surface area (Å²) < 4.78 is 6.65. The third-order valence-electron chi connectivity index (χ3n) is 4.46. The first-order valence-corrected chi connectivity index (χ1v) is 7.83. The first kappa shape index (κ1) is 15.5. The zero-order chi connectivity index (χ0) is 16.6. The van der Waals surface area contributed by atoms with Crippen molar-refractivity contribution >= 4 is 17.5 Å². The summed E-state index contributed by atoms with van der Waals surface area (Å²) in [6.45, 7) is 4.98. The molecule has 6 heteroatoms. The lowest BCUT2D eigenvalue weighted by molar-refractivity contribution is -0.146. The van der Waals surface area contributed by atoms with Crippen LogP contribution in [0.15, 0.2) is 18.3 Å². The second kappa shape index (κ2) is 6.02. The molecule has 1 amide bonds. The molecule has 0 atom stereocenters. The van der Waals surface area contributed by atoms with E-state index in [0.717, 1.165) is 16.9 Å². The van der Waals surface area contributed by atoms with Crippen LogP contribution < -0.4 is 0 Å². The molecule has 1 aliphatic rings. The Morgan fingerprint density at radius 1 is 1.22 bits per heavy atom. The van der Waals surface area contributed by atoms with E-state index in [4.69, 9.17) is 4.74 Å². The van der Waals surface area contributed by atoms with Crippen molar-refractivity contribution in [2.75, 3.05) is 20.2 Å². The van der Waals surface area contributed by atoms with E-state index in [9.17, 15) is 9.59 Å². The number of nitrogens with zero attached hydrogens (tertiary/aromatic N) is 3. The van der Waals surface area contributed by atoms with Crippen molar-refractivity contribution in [1.29, 1.82) is 0 Å². The predicted octanol–water partition coefficient (Wildman–Crippen LogP) is 1.98. The minimum Gasteiger partial charge on any atom is -0.469 e. The summed E-state index contributed by atoms with van der Waals surface area (Å²) in [5.41, 5.74) is 3.20. The monoisotopic (exact) mass is 315 g/mol. The fourth-order valence-electron chi connectivity index (χ4n) is 3.16. The lowest BCUT2D eigenvalue weighted by atomic mass is 9.97. The molecule has 0 spiro atoms. The van der Waals surface area contributed by atoms with Crippen molar-refractivity contribution < 1.29 is 14.3 Å². The van der Waals surface area contributed by atoms with Gasteiger partial charge in [0.2, 0.25) is 0 Å². The highest BCUT2D eigenvalue weighted by Gasteiger charge is 2.30. The molecule has 0 radical (unpaired) electrons. The number of likely N-dealkylation sites (tertiary alicyclic amines) is 1. The van der Waals surface area contributed by atoms with Crippen LogP contribution in [0.3, 0.4) is 0 Å². The number of imidazole rings is 1. The lowest BCUT2D eigenvalue weighted by Gasteiger charge is -2.30. The van der Waals surface area contributed by atoms with Crippen LogP contribution in [0.5, 0.6) is 0 Å². The van der Waals surface area contributed by atoms with Gasteiger partial charge >= 0.3 is 5.97 Å². The molecule has 1 fully saturated rings. The molecule has 0 saturated carbocycles. The molecule has 3 heterocycles. The van der Waals surface area contributed by atoms with E-state index in [0.29, 0.717) is 31.6 Å². The van der Waals surface area contributed by atoms with Crippen molar-refractivity contribution in [3.63, 3.8) is 0 Å². The van der Waals surface area contributed by atoms with Gasteiger partial charge in [0, 0.05) is 19.3 Å². The van der Waals surface area contributed by atoms with E-state index < -0.39 is 0 Å². The molecule has 23 heavy (non-hydrogen) atoms. The fraction of sp³-hybridized carbons (Fsp3) is 0.471. The lowest BCUT2D eigenvalue weighted by Crippen LogP contribution is -2.41. The van der Waals surface area contributed by atoms with E-state index in [2.05, 4.69) is 4.98 Å². The van der Waals surface area contributed by atoms with Gasteiger partial charge in [0.1, 0.15) is 11.3 Å². The Morgan fingerprint density at radius 2 is 1.91 bits per heavy atom. The number of carbonyl (C=O) groups is 2. The molecular weight excluding hydrogens is 294 g/mol. The number of pyridine rings is 1. The quantitative estimate of drug-likeness (QED) is 0.795. The number of hydrogen-bond acceptors (Lipinski definition) is 4. The number of amides is 1. The van der Waals surface area contributed by atoms with Gasteiger partial charge in [0.05, 0.1) is 18.7 Å². The van der Waals surface area contributed by atoms with Crippen molar-refractivity contribution in [1.82, 2.24) is 14.3 Å². The first-order chi connectivity index (χ1) is 11.0. The topological polar surface area (TPSA) is 63.9 Å². The van der Waals surface area contributed by atoms with Gasteiger partial charge in [0.15, 0.2) is 0 Å². The Balaban J connectivity index is 1.83. The Labute approximate surface area is 135 Å². The molecule has 2 aromatic rings. The minimum absolute atomic E-state index is 0.0242. The summed E-state index contributed by atoms with van der Waals surface area (Å²) in [4.78, 5) is 30.8. The molecule has 6 nitrogen and oxygen atoms in total. The van der Waals surface area contributed by atoms with Gasteiger partial charge in [0.25, 0.3) is 5.91 Å². The predicted molar refractivity (Wildman–Crippen MR) is 85.3 cm³/mol. The molecule has 0 unspecified atom stereocenters. The van der Waals surface area contributed by atoms with Gasteiger partial charge in [-0.1, -0.05) is 6.07 Å². The Hall–Kier alpha value is -2.37. The zero-order valence-electron chi connectivity index (χ0n) is 13.7. The number of rotatable bonds is 2. The minimum atomic E-state index is -0.182. The smallest absolute Gasteiger partial charge is 0.308 e. The van der Waals surface area contributed by atoms with Gasteiger partial charge in [-0.25, -0.2) is 4.98 Å². The van der Waals surface area contributed by atoms with Crippen molar-refractivity contribution in [2.24, 2.45) is 5.92 Å². The average Bonchev–Trinajstić information content (AvgIpc) is 2.88. The van der Waals surface area contributed by atoms with E-state index in [1.165, 1.54) is 7.11 Å². The average molecular weight is 315 g/mol. The number of aromatic nitrogens is 2. The molecular formula is C17H21N3O3. The second-order valence-corrected chi connectivity index (χ2v) is 6.07. The van der Waals surface area contributed by atoms with Crippen molar-refractivity contribution in [3.05, 3.63) is 35.3 Å². The number of carbonyl (C=O) groups excluding carboxylic acids is 2. The summed E-state index contributed by atoms with van der Waals surface area (Å²) in [6.07, 6.45) is 3.23. The van der Waals surface area contributed by atoms with Crippen LogP contribution in [0.1, 0.15) is 34.6 Å². The maximum Gasteiger partial charge on any atom is 0.308 e. The normalized spacial score (nSPS) is 15.9. The summed E-state index contributed by atoms with van der Waals surface area (Å²) in [7, 11) is 1.41. The number of fused-ring (bicyclic) bond motifs is 1. The first-order valence-electron chi connectivity index (χ1n) is 7.83. The van der Waals surface area contributed by atoms with Crippen LogP contribution in [0.25, 0.3) is 5.65 Å². The number of methoxy groups -OCH3 is 1. The van der Waals surface area contributed by atoms with Crippen LogP contribution in [0.4, 0.5) is 0 Å². The number of ether oxygens (including phenoxy) is 1. The van der Waals surface area contributed by atoms with E-state index in [-0.39, 0.29) is 17.8 Å². The third-order valence-corrected chi connectivity index (χ3v) is 4.46. The van der Waals surface area contributed by atoms with Crippen molar-refractivity contribution in [3.8, 4) is 0 Å². The molecule has 122 valence electrons. The van der Waals surface area contributed by atoms with Crippen molar-refractivity contribution in [2.45, 2.75) is 26.7 Å². The molecule has 0 aromatic carbocycles. The number of hydrogen-bond donors (Lipinski definition) is 0. The van der Waals surface area contributed by atoms with Crippen LogP contribution >= 0.6 is 0 Å². The summed E-state index contributed by atoms with van der Waals surface area (Å²) in [5.74, 6) is -0.308. The fourth-order valence-corrected chi connectivity index (χ4v) is 3.16. The summed E-state index contributed by atoms with van der Waals surface area (Å²) in [6, 6.07) is 3.90. The highest BCUT2D eigenvalue weighted by molar-refractivity contribution is 5.95. The maximum atomic E-state index is 12.9. The molecule has 2 aromatic heterocycles. The number of esters is 1. The molecule has 1 aliphatic heterocycles. The Bertz CT molecular complexity index is 758. The van der Waals surface area contributed by atoms with Crippen LogP contribution in [0.2, 0.25) is 0 Å². The highest BCUT2D eigenvalue weighted by Crippen LogP contribution is 2.22. The van der Waals surface area contributed by atoms with Crippen LogP contribution in [0, 0.1) is 19.8 Å². The molecule has 0 N–H and O–H groups in total. The van der Waals surface area contributed by atoms with Gasteiger partial charge in [-0.2, -0.15) is 0 Å². The largest absolute Gasteiger partial charge is 0.469 e. The van der Waals surface area contributed by atoms with Gasteiger partial charge in [-0.3, -0.25) is 14.0 Å². The number of piperidine rings is 1. The van der Waals surface area contributed by atoms with E-state index in [1.54, 1.807) is 4.90 Å². The molecule has 3 rings (SSSR count). The van der Waals surface area contributed by atoms with Gasteiger partial charge in [-0.05, 0) is 38.3 Å². The summed E-state index contributed by atoms with van der Waals surface area (Å²) >= 11 is 0. The van der Waals surface area contributed by atoms with Gasteiger partial charge < -0.3 is 9.64 Å². The standard InChI is InChI=1S/C17H21N3O3/c1-11-4-5-14-18-12(2)15(20(14)10-11)16(21)19-8-6-13(7-9-19)17(22)23-3/h4-5,10,13H,6-9H2,1-3H3. The van der Waals surface area contributed by atoms with E-state index in [1.807, 2.05) is 36.6 Å². The summed E-state index contributed by atoms with van der Waals surface area (Å²) in [5, 5.41) is 0. The maximum absolute atomic E-state index is 12.9. The molecule has 1 saturated heterocycles. The molecule has 0 bridgehead atoms. The highest BCUT2D eigenvalue weighted by atomic mass is 16.5. The van der Waals surface area contributed by atoms with E-state index >= 15 is 0 Å². The number of aryl methyl sites for hydroxylation is 2. The second-order valence-electron chi connectivity index (χ2n) is 6.07. The SMILES string of the molecule is COC(=O)C1CCN(C(=O)c2c(C)nc3ccc(C)cn23)CC1. The zero-order valence-corrected chi connectivity index (χ0v) is 13.7. The van der Waals surface area contributed by atoms with Gasteiger partial charge in [-0.15, -0.1) is 0 Å². The van der Waals surface area contributed by atoms with Crippen LogP contribution in [-0.2, 0) is 9.53 Å². The Kier molecular flexibility index (Phi) is 4.07. The molecule has 0 aliphatic carbocycles.